The van der Waals surface area contributed by atoms with Gasteiger partial charge in [-0.3, -0.25) is 14.2 Å². The van der Waals surface area contributed by atoms with Crippen LogP contribution in [-0.2, 0) is 24.9 Å². The minimum absolute atomic E-state index is 0.119. The van der Waals surface area contributed by atoms with Crippen LogP contribution in [0.3, 0.4) is 0 Å². The second kappa shape index (κ2) is 7.40. The van der Waals surface area contributed by atoms with E-state index in [1.54, 1.807) is 0 Å². The standard InChI is InChI=1S/C18H17FN4O4/c1-22-16-15(13(27-2)7-8-20-16)17(25)23(18(22)26)10-14(24)21-9-11-3-5-12(19)6-4-11/h3-8H,9-10H2,1-2H3,(H,21,24). The van der Waals surface area contributed by atoms with Gasteiger partial charge in [-0.25, -0.2) is 18.7 Å². The number of ether oxygens (including phenoxy) is 1. The lowest BCUT2D eigenvalue weighted by Gasteiger charge is -2.12. The number of pyridine rings is 1. The number of benzene rings is 1. The van der Waals surface area contributed by atoms with E-state index < -0.39 is 23.7 Å². The molecule has 2 heterocycles. The first-order valence-electron chi connectivity index (χ1n) is 8.06. The van der Waals surface area contributed by atoms with Gasteiger partial charge in [0.15, 0.2) is 5.65 Å². The summed E-state index contributed by atoms with van der Waals surface area (Å²) in [5.74, 6) is -0.638. The first-order chi connectivity index (χ1) is 12.9. The number of hydrogen-bond donors (Lipinski definition) is 1. The number of aryl methyl sites for hydroxylation is 1. The highest BCUT2D eigenvalue weighted by Crippen LogP contribution is 2.18. The Morgan fingerprint density at radius 2 is 1.93 bits per heavy atom. The Morgan fingerprint density at radius 1 is 1.22 bits per heavy atom. The molecule has 0 radical (unpaired) electrons. The minimum atomic E-state index is -0.662. The highest BCUT2D eigenvalue weighted by atomic mass is 19.1. The zero-order valence-electron chi connectivity index (χ0n) is 14.7. The van der Waals surface area contributed by atoms with Gasteiger partial charge < -0.3 is 10.1 Å². The topological polar surface area (TPSA) is 95.2 Å². The largest absolute Gasteiger partial charge is 0.496 e. The van der Waals surface area contributed by atoms with Gasteiger partial charge in [0.25, 0.3) is 5.56 Å². The normalized spacial score (nSPS) is 10.8. The van der Waals surface area contributed by atoms with Crippen LogP contribution in [-0.4, -0.2) is 27.1 Å². The third-order valence-corrected chi connectivity index (χ3v) is 4.11. The Labute approximate surface area is 152 Å². The number of halogens is 1. The highest BCUT2D eigenvalue weighted by Gasteiger charge is 2.17. The molecule has 1 amide bonds. The summed E-state index contributed by atoms with van der Waals surface area (Å²) in [5.41, 5.74) is -0.457. The number of fused-ring (bicyclic) bond motifs is 1. The molecule has 3 aromatic rings. The van der Waals surface area contributed by atoms with Crippen LogP contribution in [0.1, 0.15) is 5.56 Å². The van der Waals surface area contributed by atoms with E-state index in [4.69, 9.17) is 4.74 Å². The van der Waals surface area contributed by atoms with Crippen molar-refractivity contribution in [1.82, 2.24) is 19.4 Å². The van der Waals surface area contributed by atoms with E-state index >= 15 is 0 Å². The molecule has 1 aromatic carbocycles. The highest BCUT2D eigenvalue weighted by molar-refractivity contribution is 5.81. The van der Waals surface area contributed by atoms with Crippen molar-refractivity contribution in [2.45, 2.75) is 13.1 Å². The van der Waals surface area contributed by atoms with Gasteiger partial charge in [0.2, 0.25) is 5.91 Å². The lowest BCUT2D eigenvalue weighted by molar-refractivity contribution is -0.121. The molecule has 0 spiro atoms. The van der Waals surface area contributed by atoms with Gasteiger partial charge >= 0.3 is 5.69 Å². The zero-order chi connectivity index (χ0) is 19.6. The Kier molecular flexibility index (Phi) is 5.02. The Hall–Kier alpha value is -3.49. The van der Waals surface area contributed by atoms with Gasteiger partial charge in [-0.05, 0) is 23.8 Å². The molecule has 3 rings (SSSR count). The van der Waals surface area contributed by atoms with E-state index in [9.17, 15) is 18.8 Å². The predicted octanol–water partition coefficient (Wildman–Crippen LogP) is 0.559. The van der Waals surface area contributed by atoms with Crippen LogP contribution in [0.5, 0.6) is 5.75 Å². The number of carbonyl (C=O) groups excluding carboxylic acids is 1. The van der Waals surface area contributed by atoms with Crippen molar-refractivity contribution in [3.05, 3.63) is 68.7 Å². The monoisotopic (exact) mass is 372 g/mol. The molecule has 0 saturated carbocycles. The average molecular weight is 372 g/mol. The number of hydrogen-bond acceptors (Lipinski definition) is 5. The van der Waals surface area contributed by atoms with E-state index in [1.807, 2.05) is 0 Å². The van der Waals surface area contributed by atoms with Gasteiger partial charge in [0.05, 0.1) is 7.11 Å². The molecule has 0 saturated heterocycles. The number of carbonyl (C=O) groups is 1. The van der Waals surface area contributed by atoms with E-state index in [0.717, 1.165) is 4.57 Å². The quantitative estimate of drug-likeness (QED) is 0.706. The van der Waals surface area contributed by atoms with Crippen LogP contribution in [0.2, 0.25) is 0 Å². The smallest absolute Gasteiger partial charge is 0.332 e. The SMILES string of the molecule is COc1ccnc2c1c(=O)n(CC(=O)NCc1ccc(F)cc1)c(=O)n2C. The molecule has 0 aliphatic heterocycles. The van der Waals surface area contributed by atoms with E-state index in [1.165, 1.54) is 55.3 Å². The van der Waals surface area contributed by atoms with Gasteiger partial charge in [-0.2, -0.15) is 0 Å². The van der Waals surface area contributed by atoms with Crippen molar-refractivity contribution in [2.24, 2.45) is 7.05 Å². The van der Waals surface area contributed by atoms with Crippen molar-refractivity contribution in [2.75, 3.05) is 7.11 Å². The van der Waals surface area contributed by atoms with Gasteiger partial charge in [-0.15, -0.1) is 0 Å². The Morgan fingerprint density at radius 3 is 2.59 bits per heavy atom. The summed E-state index contributed by atoms with van der Waals surface area (Å²) < 4.78 is 20.1. The number of aromatic nitrogens is 3. The maximum absolute atomic E-state index is 12.9. The molecule has 0 atom stereocenters. The average Bonchev–Trinajstić information content (AvgIpc) is 2.68. The van der Waals surface area contributed by atoms with E-state index in [-0.39, 0.29) is 29.1 Å². The zero-order valence-corrected chi connectivity index (χ0v) is 14.7. The van der Waals surface area contributed by atoms with Gasteiger partial charge in [-0.1, -0.05) is 12.1 Å². The van der Waals surface area contributed by atoms with Crippen LogP contribution in [0, 0.1) is 5.82 Å². The second-order valence-electron chi connectivity index (χ2n) is 5.85. The number of methoxy groups -OCH3 is 1. The van der Waals surface area contributed by atoms with Crippen molar-refractivity contribution < 1.29 is 13.9 Å². The summed E-state index contributed by atoms with van der Waals surface area (Å²) in [4.78, 5) is 41.5. The molecule has 0 aliphatic carbocycles. The molecule has 2 aromatic heterocycles. The minimum Gasteiger partial charge on any atom is -0.496 e. The number of amides is 1. The molecule has 1 N–H and O–H groups in total. The first kappa shape index (κ1) is 18.3. The fraction of sp³-hybridized carbons (Fsp3) is 0.222. The molecule has 0 fully saturated rings. The van der Waals surface area contributed by atoms with Crippen molar-refractivity contribution in [3.63, 3.8) is 0 Å². The maximum Gasteiger partial charge on any atom is 0.332 e. The summed E-state index contributed by atoms with van der Waals surface area (Å²) in [5, 5.41) is 2.72. The maximum atomic E-state index is 12.9. The molecule has 8 nitrogen and oxygen atoms in total. The molecular weight excluding hydrogens is 355 g/mol. The summed E-state index contributed by atoms with van der Waals surface area (Å²) in [7, 11) is 2.86. The number of rotatable bonds is 5. The fourth-order valence-corrected chi connectivity index (χ4v) is 2.69. The third-order valence-electron chi connectivity index (χ3n) is 4.11. The fourth-order valence-electron chi connectivity index (χ4n) is 2.69. The molecule has 140 valence electrons. The van der Waals surface area contributed by atoms with Crippen LogP contribution in [0.15, 0.2) is 46.1 Å². The van der Waals surface area contributed by atoms with Crippen LogP contribution in [0.4, 0.5) is 4.39 Å². The Bertz CT molecular complexity index is 1120. The van der Waals surface area contributed by atoms with Crippen LogP contribution >= 0.6 is 0 Å². The van der Waals surface area contributed by atoms with Gasteiger partial charge in [0, 0.05) is 19.8 Å². The summed E-state index contributed by atoms with van der Waals surface area (Å²) >= 11 is 0. The Balaban J connectivity index is 1.90. The molecule has 27 heavy (non-hydrogen) atoms. The first-order valence-corrected chi connectivity index (χ1v) is 8.06. The van der Waals surface area contributed by atoms with Crippen molar-refractivity contribution >= 4 is 16.9 Å². The summed E-state index contributed by atoms with van der Waals surface area (Å²) in [6, 6.07) is 7.14. The van der Waals surface area contributed by atoms with E-state index in [2.05, 4.69) is 10.3 Å². The number of nitrogens with one attached hydrogen (secondary N) is 1. The second-order valence-corrected chi connectivity index (χ2v) is 5.85. The third kappa shape index (κ3) is 3.57. The number of nitrogens with zero attached hydrogens (tertiary/aromatic N) is 3. The van der Waals surface area contributed by atoms with Crippen LogP contribution < -0.4 is 21.3 Å². The lowest BCUT2D eigenvalue weighted by Crippen LogP contribution is -2.43. The summed E-state index contributed by atoms with van der Waals surface area (Å²) in [6.45, 7) is -0.312. The molecule has 0 unspecified atom stereocenters. The lowest BCUT2D eigenvalue weighted by atomic mass is 10.2. The predicted molar refractivity (Wildman–Crippen MR) is 96.0 cm³/mol. The molecule has 0 aliphatic rings. The summed E-state index contributed by atoms with van der Waals surface area (Å²) in [6.07, 6.45) is 1.43. The molecule has 0 bridgehead atoms. The molecule has 9 heteroatoms. The van der Waals surface area contributed by atoms with E-state index in [0.29, 0.717) is 5.56 Å². The van der Waals surface area contributed by atoms with Gasteiger partial charge in [0.1, 0.15) is 23.5 Å². The van der Waals surface area contributed by atoms with Crippen molar-refractivity contribution in [1.29, 1.82) is 0 Å². The van der Waals surface area contributed by atoms with Crippen LogP contribution in [0.25, 0.3) is 11.0 Å². The molecular formula is C18H17FN4O4. The van der Waals surface area contributed by atoms with Crippen molar-refractivity contribution in [3.8, 4) is 5.75 Å².